The number of hydrazone groups is 1. The minimum absolute atomic E-state index is 0.404. The van der Waals surface area contributed by atoms with Crippen molar-refractivity contribution in [1.82, 2.24) is 5.43 Å². The summed E-state index contributed by atoms with van der Waals surface area (Å²) < 4.78 is 0. The predicted octanol–water partition coefficient (Wildman–Crippen LogP) is 3.93. The third-order valence-corrected chi connectivity index (χ3v) is 3.23. The molecular formula is C16H17ClN4O. The summed E-state index contributed by atoms with van der Waals surface area (Å²) >= 11 is 6.01. The second-order valence-corrected chi connectivity index (χ2v) is 5.01. The molecule has 0 aliphatic heterocycles. The van der Waals surface area contributed by atoms with E-state index in [0.29, 0.717) is 16.4 Å². The smallest absolute Gasteiger partial charge is 0.339 e. The Bertz CT molecular complexity index is 686. The van der Waals surface area contributed by atoms with Gasteiger partial charge < -0.3 is 10.6 Å². The summed E-state index contributed by atoms with van der Waals surface area (Å²) in [5, 5.41) is 10.5. The second kappa shape index (κ2) is 7.47. The van der Waals surface area contributed by atoms with Crippen molar-refractivity contribution in [1.29, 1.82) is 0 Å². The van der Waals surface area contributed by atoms with Gasteiger partial charge in [0.05, 0.1) is 5.71 Å². The van der Waals surface area contributed by atoms with Crippen LogP contribution in [0.5, 0.6) is 0 Å². The standard InChI is InChI=1S/C16H17ClN4O/c1-11(14-10-12(17)8-9-15(14)18-2)20-21-16(22)19-13-6-4-3-5-7-13/h3-10,18H,1-2H3,(H2,19,21,22)/b20-11+. The zero-order chi connectivity index (χ0) is 15.9. The quantitative estimate of drug-likeness (QED) is 0.591. The molecule has 0 radical (unpaired) electrons. The number of amides is 2. The summed E-state index contributed by atoms with van der Waals surface area (Å²) in [5.74, 6) is 0. The summed E-state index contributed by atoms with van der Waals surface area (Å²) in [5.41, 5.74) is 5.53. The van der Waals surface area contributed by atoms with Gasteiger partial charge in [0.25, 0.3) is 0 Å². The lowest BCUT2D eigenvalue weighted by atomic mass is 10.1. The Kier molecular flexibility index (Phi) is 5.38. The molecule has 2 rings (SSSR count). The average molecular weight is 317 g/mol. The maximum atomic E-state index is 11.8. The number of hydrogen-bond donors (Lipinski definition) is 3. The van der Waals surface area contributed by atoms with E-state index in [1.54, 1.807) is 31.2 Å². The Labute approximate surface area is 134 Å². The fourth-order valence-electron chi connectivity index (χ4n) is 1.91. The Morgan fingerprint density at radius 1 is 1.14 bits per heavy atom. The van der Waals surface area contributed by atoms with Gasteiger partial charge >= 0.3 is 6.03 Å². The van der Waals surface area contributed by atoms with E-state index in [9.17, 15) is 4.79 Å². The topological polar surface area (TPSA) is 65.5 Å². The van der Waals surface area contributed by atoms with Crippen LogP contribution < -0.4 is 16.1 Å². The number of carbonyl (C=O) groups is 1. The van der Waals surface area contributed by atoms with Crippen molar-refractivity contribution in [2.24, 2.45) is 5.10 Å². The number of benzene rings is 2. The first-order valence-electron chi connectivity index (χ1n) is 6.74. The molecule has 0 atom stereocenters. The lowest BCUT2D eigenvalue weighted by Gasteiger charge is -2.10. The highest BCUT2D eigenvalue weighted by Crippen LogP contribution is 2.20. The Morgan fingerprint density at radius 2 is 1.86 bits per heavy atom. The molecule has 2 aromatic rings. The van der Waals surface area contributed by atoms with Crippen LogP contribution in [0.25, 0.3) is 0 Å². The highest BCUT2D eigenvalue weighted by Gasteiger charge is 2.06. The minimum Gasteiger partial charge on any atom is -0.388 e. The summed E-state index contributed by atoms with van der Waals surface area (Å²) in [7, 11) is 1.82. The maximum Gasteiger partial charge on any atom is 0.339 e. The van der Waals surface area contributed by atoms with Crippen LogP contribution in [0.15, 0.2) is 53.6 Å². The molecule has 0 fully saturated rings. The van der Waals surface area contributed by atoms with Crippen LogP contribution in [0.3, 0.4) is 0 Å². The molecule has 0 aliphatic rings. The van der Waals surface area contributed by atoms with Gasteiger partial charge in [-0.2, -0.15) is 5.10 Å². The van der Waals surface area contributed by atoms with Gasteiger partial charge in [-0.3, -0.25) is 0 Å². The van der Waals surface area contributed by atoms with Crippen LogP contribution >= 0.6 is 11.6 Å². The van der Waals surface area contributed by atoms with E-state index in [-0.39, 0.29) is 0 Å². The van der Waals surface area contributed by atoms with Crippen LogP contribution in [0.4, 0.5) is 16.2 Å². The van der Waals surface area contributed by atoms with Gasteiger partial charge in [-0.05, 0) is 37.3 Å². The van der Waals surface area contributed by atoms with Crippen LogP contribution in [-0.4, -0.2) is 18.8 Å². The normalized spacial score (nSPS) is 11.0. The molecule has 5 nitrogen and oxygen atoms in total. The zero-order valence-corrected chi connectivity index (χ0v) is 13.1. The van der Waals surface area contributed by atoms with Gasteiger partial charge in [-0.1, -0.05) is 29.8 Å². The molecule has 0 aliphatic carbocycles. The van der Waals surface area contributed by atoms with E-state index >= 15 is 0 Å². The van der Waals surface area contributed by atoms with Crippen LogP contribution in [0.2, 0.25) is 5.02 Å². The third kappa shape index (κ3) is 4.23. The second-order valence-electron chi connectivity index (χ2n) is 4.57. The van der Waals surface area contributed by atoms with E-state index in [4.69, 9.17) is 11.6 Å². The predicted molar refractivity (Wildman–Crippen MR) is 91.8 cm³/mol. The fraction of sp³-hybridized carbons (Fsp3) is 0.125. The summed E-state index contributed by atoms with van der Waals surface area (Å²) in [4.78, 5) is 11.8. The molecule has 0 aromatic heterocycles. The first kappa shape index (κ1) is 15.9. The Morgan fingerprint density at radius 3 is 2.55 bits per heavy atom. The van der Waals surface area contributed by atoms with E-state index in [0.717, 1.165) is 11.3 Å². The average Bonchev–Trinajstić information content (AvgIpc) is 2.53. The van der Waals surface area contributed by atoms with Crippen molar-refractivity contribution < 1.29 is 4.79 Å². The largest absolute Gasteiger partial charge is 0.388 e. The number of para-hydroxylation sites is 1. The van der Waals surface area contributed by atoms with Crippen molar-refractivity contribution in [2.75, 3.05) is 17.7 Å². The number of carbonyl (C=O) groups excluding carboxylic acids is 1. The number of urea groups is 1. The number of rotatable bonds is 4. The summed E-state index contributed by atoms with van der Waals surface area (Å²) in [6, 6.07) is 14.2. The SMILES string of the molecule is CNc1ccc(Cl)cc1/C(C)=N/NC(=O)Nc1ccccc1. The van der Waals surface area contributed by atoms with Gasteiger partial charge in [0, 0.05) is 29.0 Å². The first-order valence-corrected chi connectivity index (χ1v) is 7.12. The van der Waals surface area contributed by atoms with Gasteiger partial charge in [0.1, 0.15) is 0 Å². The molecule has 6 heteroatoms. The molecule has 2 amide bonds. The van der Waals surface area contributed by atoms with Crippen molar-refractivity contribution in [3.63, 3.8) is 0 Å². The third-order valence-electron chi connectivity index (χ3n) is 3.00. The monoisotopic (exact) mass is 316 g/mol. The molecule has 0 spiro atoms. The van der Waals surface area contributed by atoms with Gasteiger partial charge in [-0.15, -0.1) is 0 Å². The van der Waals surface area contributed by atoms with Gasteiger partial charge in [0.2, 0.25) is 0 Å². The van der Waals surface area contributed by atoms with Crippen LogP contribution in [0, 0.1) is 0 Å². The van der Waals surface area contributed by atoms with Crippen LogP contribution in [0.1, 0.15) is 12.5 Å². The molecule has 114 valence electrons. The minimum atomic E-state index is -0.404. The van der Waals surface area contributed by atoms with E-state index in [2.05, 4.69) is 21.2 Å². The molecule has 0 bridgehead atoms. The summed E-state index contributed by atoms with van der Waals surface area (Å²) in [6.07, 6.45) is 0. The van der Waals surface area contributed by atoms with E-state index < -0.39 is 6.03 Å². The highest BCUT2D eigenvalue weighted by atomic mass is 35.5. The zero-order valence-electron chi connectivity index (χ0n) is 12.4. The lowest BCUT2D eigenvalue weighted by molar-refractivity contribution is 0.252. The highest BCUT2D eigenvalue weighted by molar-refractivity contribution is 6.31. The Hall–Kier alpha value is -2.53. The van der Waals surface area contributed by atoms with E-state index in [1.165, 1.54) is 0 Å². The number of nitrogens with one attached hydrogen (secondary N) is 3. The molecular weight excluding hydrogens is 300 g/mol. The van der Waals surface area contributed by atoms with E-state index in [1.807, 2.05) is 31.3 Å². The molecule has 0 heterocycles. The summed E-state index contributed by atoms with van der Waals surface area (Å²) in [6.45, 7) is 1.80. The Balaban J connectivity index is 2.06. The molecule has 22 heavy (non-hydrogen) atoms. The lowest BCUT2D eigenvalue weighted by Crippen LogP contribution is -2.25. The first-order chi connectivity index (χ1) is 10.6. The number of hydrogen-bond acceptors (Lipinski definition) is 3. The van der Waals surface area contributed by atoms with Gasteiger partial charge in [0.15, 0.2) is 0 Å². The number of anilines is 2. The molecule has 0 saturated heterocycles. The fourth-order valence-corrected chi connectivity index (χ4v) is 2.08. The molecule has 2 aromatic carbocycles. The molecule has 0 unspecified atom stereocenters. The molecule has 0 saturated carbocycles. The van der Waals surface area contributed by atoms with Gasteiger partial charge in [-0.25, -0.2) is 10.2 Å². The van der Waals surface area contributed by atoms with Crippen molar-refractivity contribution in [2.45, 2.75) is 6.92 Å². The maximum absolute atomic E-state index is 11.8. The van der Waals surface area contributed by atoms with Crippen LogP contribution in [-0.2, 0) is 0 Å². The van der Waals surface area contributed by atoms with Crippen molar-refractivity contribution in [3.05, 3.63) is 59.1 Å². The van der Waals surface area contributed by atoms with Crippen molar-refractivity contribution in [3.8, 4) is 0 Å². The number of halogens is 1. The number of nitrogens with zero attached hydrogens (tertiary/aromatic N) is 1. The van der Waals surface area contributed by atoms with Crippen molar-refractivity contribution >= 4 is 34.7 Å². The molecule has 3 N–H and O–H groups in total.